The van der Waals surface area contributed by atoms with Crippen LogP contribution in [-0.2, 0) is 40.7 Å². The number of aliphatic carboxylic acids is 2. The van der Waals surface area contributed by atoms with Crippen LogP contribution in [0.5, 0.6) is 0 Å². The smallest absolute Gasteiger partial charge is 0.328 e. The third-order valence-corrected chi connectivity index (χ3v) is 14.0. The van der Waals surface area contributed by atoms with E-state index in [0.29, 0.717) is 0 Å². The van der Waals surface area contributed by atoms with Gasteiger partial charge in [0.15, 0.2) is 0 Å². The predicted octanol–water partition coefficient (Wildman–Crippen LogP) is 11.0. The summed E-state index contributed by atoms with van der Waals surface area (Å²) in [7, 11) is 3.42. The molecule has 4 aliphatic rings. The summed E-state index contributed by atoms with van der Waals surface area (Å²) in [6, 6.07) is 11.8. The second-order valence-corrected chi connectivity index (χ2v) is 19.1. The Kier molecular flexibility index (Phi) is 11.4. The Morgan fingerprint density at radius 2 is 1.02 bits per heavy atom. The van der Waals surface area contributed by atoms with Gasteiger partial charge in [0.25, 0.3) is 0 Å². The van der Waals surface area contributed by atoms with Crippen LogP contribution in [-0.4, -0.2) is 47.6 Å². The van der Waals surface area contributed by atoms with Crippen molar-refractivity contribution in [3.05, 3.63) is 93.6 Å². The van der Waals surface area contributed by atoms with E-state index in [0.717, 1.165) is 38.5 Å². The molecule has 290 valence electrons. The molecule has 0 heterocycles. The van der Waals surface area contributed by atoms with Crippen LogP contribution >= 0.6 is 0 Å². The summed E-state index contributed by atoms with van der Waals surface area (Å²) < 4.78 is 11.9. The molecule has 2 aromatic carbocycles. The first kappa shape index (κ1) is 41.0. The molecule has 6 nitrogen and oxygen atoms in total. The number of carboxylic acid groups (broad SMARTS) is 2. The molecule has 2 fully saturated rings. The summed E-state index contributed by atoms with van der Waals surface area (Å²) in [4.78, 5) is 22.2. The summed E-state index contributed by atoms with van der Waals surface area (Å²) in [5.41, 5.74) is 9.46. The van der Waals surface area contributed by atoms with Crippen LogP contribution in [0, 0.1) is 6.92 Å². The van der Waals surface area contributed by atoms with Crippen LogP contribution in [0.15, 0.2) is 54.6 Å². The molecule has 0 aromatic heterocycles. The number of fused-ring (bicyclic) bond motifs is 2. The molecule has 2 saturated carbocycles. The number of carboxylic acids is 2. The lowest BCUT2D eigenvalue weighted by atomic mass is 9.62. The van der Waals surface area contributed by atoms with Crippen molar-refractivity contribution in [3.8, 4) is 0 Å². The first-order valence-electron chi connectivity index (χ1n) is 19.9. The Hall–Kier alpha value is -3.22. The SMILES string of the molecule is COC1(/C=C/C(=O)O)CCCC1c1cc2c(cc1C)C(C)(C)CCC2(C)C.COC1(/C=C/C(=O)O)CCCC1c1ccc2c(c1)C(C)(C)CCC2(C)C. The van der Waals surface area contributed by atoms with Crippen LogP contribution in [0.25, 0.3) is 0 Å². The van der Waals surface area contributed by atoms with E-state index in [1.165, 1.54) is 76.8 Å². The highest BCUT2D eigenvalue weighted by Gasteiger charge is 2.46. The van der Waals surface area contributed by atoms with Gasteiger partial charge in [0.05, 0.1) is 11.2 Å². The van der Waals surface area contributed by atoms with Crippen molar-refractivity contribution in [3.63, 3.8) is 0 Å². The summed E-state index contributed by atoms with van der Waals surface area (Å²) in [6.07, 6.45) is 16.7. The van der Waals surface area contributed by atoms with Crippen LogP contribution in [0.2, 0.25) is 0 Å². The molecule has 0 bridgehead atoms. The zero-order chi connectivity index (χ0) is 39.2. The zero-order valence-corrected chi connectivity index (χ0v) is 34.4. The topological polar surface area (TPSA) is 93.1 Å². The fraction of sp³-hybridized carbons (Fsp3) is 0.617. The maximum absolute atomic E-state index is 11.1. The number of methoxy groups -OCH3 is 2. The van der Waals surface area contributed by atoms with Crippen molar-refractivity contribution in [2.45, 2.75) is 171 Å². The van der Waals surface area contributed by atoms with E-state index < -0.39 is 23.1 Å². The minimum Gasteiger partial charge on any atom is -0.478 e. The maximum Gasteiger partial charge on any atom is 0.328 e. The number of rotatable bonds is 8. The lowest BCUT2D eigenvalue weighted by Gasteiger charge is -2.43. The van der Waals surface area contributed by atoms with Crippen LogP contribution in [0.3, 0.4) is 0 Å². The van der Waals surface area contributed by atoms with E-state index in [1.807, 2.05) is 0 Å². The van der Waals surface area contributed by atoms with Gasteiger partial charge in [-0.25, -0.2) is 9.59 Å². The molecule has 0 aliphatic heterocycles. The molecule has 0 saturated heterocycles. The molecule has 6 heteroatoms. The average molecular weight is 727 g/mol. The highest BCUT2D eigenvalue weighted by Crippen LogP contribution is 2.53. The van der Waals surface area contributed by atoms with Gasteiger partial charge in [-0.05, 0) is 144 Å². The molecular formula is C47H66O6. The first-order valence-corrected chi connectivity index (χ1v) is 19.9. The molecular weight excluding hydrogens is 661 g/mol. The molecule has 0 amide bonds. The number of aryl methyl sites for hydroxylation is 1. The molecule has 2 aromatic rings. The van der Waals surface area contributed by atoms with Gasteiger partial charge in [0, 0.05) is 38.2 Å². The standard InChI is InChI=1S/C24H34O3.C23H32O3/c1-16-14-19-20(23(4,5)13-12-22(19,2)3)15-17(16)18-8-7-10-24(18,27-6)11-9-21(25)26;1-21(2)13-14-22(3,4)19-15-16(8-9-18(19)21)17-7-6-11-23(17,26-5)12-10-20(24)25/h9,11,14-15,18H,7-8,10,12-13H2,1-6H3,(H,25,26);8-10,12,15,17H,6-7,11,13-14H2,1-5H3,(H,24,25)/b11-9+;12-10+. The molecule has 0 spiro atoms. The number of ether oxygens (including phenoxy) is 2. The molecule has 4 unspecified atom stereocenters. The van der Waals surface area contributed by atoms with Gasteiger partial charge in [-0.15, -0.1) is 0 Å². The van der Waals surface area contributed by atoms with Crippen molar-refractivity contribution in [1.29, 1.82) is 0 Å². The monoisotopic (exact) mass is 726 g/mol. The van der Waals surface area contributed by atoms with Crippen LogP contribution < -0.4 is 0 Å². The van der Waals surface area contributed by atoms with Gasteiger partial charge < -0.3 is 19.7 Å². The fourth-order valence-electron chi connectivity index (χ4n) is 10.3. The van der Waals surface area contributed by atoms with Gasteiger partial charge in [0.1, 0.15) is 0 Å². The second-order valence-electron chi connectivity index (χ2n) is 19.1. The Balaban J connectivity index is 0.000000204. The van der Waals surface area contributed by atoms with E-state index in [1.54, 1.807) is 26.4 Å². The van der Waals surface area contributed by atoms with Crippen molar-refractivity contribution >= 4 is 11.9 Å². The van der Waals surface area contributed by atoms with Gasteiger partial charge in [0.2, 0.25) is 0 Å². The Bertz CT molecular complexity index is 1760. The van der Waals surface area contributed by atoms with Crippen molar-refractivity contribution < 1.29 is 29.3 Å². The molecule has 4 atom stereocenters. The number of benzene rings is 2. The summed E-state index contributed by atoms with van der Waals surface area (Å²) >= 11 is 0. The number of hydrogen-bond acceptors (Lipinski definition) is 4. The molecule has 6 rings (SSSR count). The molecule has 4 aliphatic carbocycles. The largest absolute Gasteiger partial charge is 0.478 e. The summed E-state index contributed by atoms with van der Waals surface area (Å²) in [5.74, 6) is -1.43. The normalized spacial score (nSPS) is 29.3. The number of hydrogen-bond donors (Lipinski definition) is 2. The highest BCUT2D eigenvalue weighted by molar-refractivity contribution is 5.80. The van der Waals surface area contributed by atoms with E-state index in [-0.39, 0.29) is 33.5 Å². The van der Waals surface area contributed by atoms with Gasteiger partial charge in [-0.2, -0.15) is 0 Å². The van der Waals surface area contributed by atoms with Gasteiger partial charge in [-0.1, -0.05) is 85.7 Å². The molecule has 0 radical (unpaired) electrons. The van der Waals surface area contributed by atoms with Crippen molar-refractivity contribution in [2.24, 2.45) is 0 Å². The Labute approximate surface area is 319 Å². The lowest BCUT2D eigenvalue weighted by Crippen LogP contribution is -2.36. The van der Waals surface area contributed by atoms with E-state index in [4.69, 9.17) is 19.7 Å². The van der Waals surface area contributed by atoms with Gasteiger partial charge >= 0.3 is 11.9 Å². The second kappa shape index (κ2) is 14.8. The third-order valence-electron chi connectivity index (χ3n) is 14.0. The minimum atomic E-state index is -0.916. The quantitative estimate of drug-likeness (QED) is 0.263. The molecule has 53 heavy (non-hydrogen) atoms. The first-order chi connectivity index (χ1) is 24.6. The summed E-state index contributed by atoms with van der Waals surface area (Å²) in [5, 5.41) is 18.2. The van der Waals surface area contributed by atoms with Crippen molar-refractivity contribution in [1.82, 2.24) is 0 Å². The lowest BCUT2D eigenvalue weighted by molar-refractivity contribution is -0.132. The average Bonchev–Trinajstić information content (AvgIpc) is 3.72. The highest BCUT2D eigenvalue weighted by atomic mass is 16.5. The zero-order valence-electron chi connectivity index (χ0n) is 34.4. The molecule has 2 N–H and O–H groups in total. The number of carbonyl (C=O) groups is 2. The Morgan fingerprint density at radius 3 is 1.49 bits per heavy atom. The predicted molar refractivity (Wildman–Crippen MR) is 214 cm³/mol. The van der Waals surface area contributed by atoms with Crippen molar-refractivity contribution in [2.75, 3.05) is 14.2 Å². The van der Waals surface area contributed by atoms with Crippen LogP contribution in [0.4, 0.5) is 0 Å². The fourth-order valence-corrected chi connectivity index (χ4v) is 10.3. The summed E-state index contributed by atoms with van der Waals surface area (Å²) in [6.45, 7) is 21.0. The van der Waals surface area contributed by atoms with Crippen LogP contribution in [0.1, 0.15) is 170 Å². The minimum absolute atomic E-state index is 0.165. The van der Waals surface area contributed by atoms with Gasteiger partial charge in [-0.3, -0.25) is 0 Å². The van der Waals surface area contributed by atoms with E-state index in [2.05, 4.69) is 92.6 Å². The Morgan fingerprint density at radius 1 is 0.604 bits per heavy atom. The van der Waals surface area contributed by atoms with E-state index in [9.17, 15) is 9.59 Å². The van der Waals surface area contributed by atoms with E-state index >= 15 is 0 Å². The third kappa shape index (κ3) is 7.96. The maximum atomic E-state index is 11.1.